The lowest BCUT2D eigenvalue weighted by atomic mass is 10.2. The van der Waals surface area contributed by atoms with Crippen molar-refractivity contribution in [1.29, 1.82) is 0 Å². The minimum atomic E-state index is -0.339. The number of hydrogen-bond acceptors (Lipinski definition) is 4. The van der Waals surface area contributed by atoms with E-state index >= 15 is 0 Å². The highest BCUT2D eigenvalue weighted by molar-refractivity contribution is 9.10. The molecule has 18 heavy (non-hydrogen) atoms. The lowest BCUT2D eigenvalue weighted by Crippen LogP contribution is -2.38. The van der Waals surface area contributed by atoms with Crippen molar-refractivity contribution in [3.05, 3.63) is 22.6 Å². The van der Waals surface area contributed by atoms with Gasteiger partial charge in [-0.05, 0) is 41.9 Å². The van der Waals surface area contributed by atoms with E-state index in [0.29, 0.717) is 11.2 Å². The number of ether oxygens (including phenoxy) is 1. The van der Waals surface area contributed by atoms with Gasteiger partial charge in [-0.15, -0.1) is 0 Å². The Hall–Kier alpha value is -1.30. The third-order valence-electron chi connectivity index (χ3n) is 2.45. The monoisotopic (exact) mass is 317 g/mol. The maximum absolute atomic E-state index is 12.2. The number of esters is 1. The smallest absolute Gasteiger partial charge is 0.307 e. The molecule has 0 aliphatic rings. The molecule has 1 rings (SSSR count). The number of nitrogens with zero attached hydrogens (tertiary/aromatic N) is 1. The maximum atomic E-state index is 12.2. The summed E-state index contributed by atoms with van der Waals surface area (Å²) in [5.74, 6) is -0.325. The molecule has 0 aliphatic heterocycles. The highest BCUT2D eigenvalue weighted by Crippen LogP contribution is 2.17. The first-order valence-electron chi connectivity index (χ1n) is 5.58. The van der Waals surface area contributed by atoms with Gasteiger partial charge in [-0.25, -0.2) is 0 Å². The SMILES string of the molecule is COC(=O)CCN(C(=O)c1ccc(Br)o1)C(C)C. The number of carbonyl (C=O) groups excluding carboxylic acids is 2. The lowest BCUT2D eigenvalue weighted by Gasteiger charge is -2.25. The summed E-state index contributed by atoms with van der Waals surface area (Å²) in [6.07, 6.45) is 0.169. The Morgan fingerprint density at radius 2 is 2.11 bits per heavy atom. The van der Waals surface area contributed by atoms with Gasteiger partial charge in [-0.2, -0.15) is 0 Å². The molecule has 0 fully saturated rings. The molecule has 0 aliphatic carbocycles. The molecule has 0 saturated heterocycles. The molecule has 1 aromatic heterocycles. The summed E-state index contributed by atoms with van der Waals surface area (Å²) in [6, 6.07) is 3.23. The van der Waals surface area contributed by atoms with Gasteiger partial charge >= 0.3 is 5.97 Å². The topological polar surface area (TPSA) is 59.8 Å². The molecule has 0 atom stereocenters. The highest BCUT2D eigenvalue weighted by Gasteiger charge is 2.22. The van der Waals surface area contributed by atoms with E-state index in [1.807, 2.05) is 13.8 Å². The summed E-state index contributed by atoms with van der Waals surface area (Å²) in [6.45, 7) is 4.07. The van der Waals surface area contributed by atoms with E-state index < -0.39 is 0 Å². The van der Waals surface area contributed by atoms with E-state index in [4.69, 9.17) is 4.42 Å². The van der Waals surface area contributed by atoms with Crippen molar-refractivity contribution in [2.75, 3.05) is 13.7 Å². The molecule has 0 unspecified atom stereocenters. The van der Waals surface area contributed by atoms with Crippen LogP contribution in [0.5, 0.6) is 0 Å². The van der Waals surface area contributed by atoms with Crippen LogP contribution in [0, 0.1) is 0 Å². The van der Waals surface area contributed by atoms with Crippen molar-refractivity contribution in [2.24, 2.45) is 0 Å². The van der Waals surface area contributed by atoms with Gasteiger partial charge in [0.25, 0.3) is 5.91 Å². The summed E-state index contributed by atoms with van der Waals surface area (Å²) >= 11 is 3.15. The van der Waals surface area contributed by atoms with E-state index in [9.17, 15) is 9.59 Å². The van der Waals surface area contributed by atoms with Crippen LogP contribution in [0.15, 0.2) is 21.2 Å². The molecule has 1 heterocycles. The number of hydrogen-bond donors (Lipinski definition) is 0. The molecule has 0 aromatic carbocycles. The van der Waals surface area contributed by atoms with E-state index in [1.54, 1.807) is 17.0 Å². The average molecular weight is 318 g/mol. The van der Waals surface area contributed by atoms with Crippen LogP contribution >= 0.6 is 15.9 Å². The Morgan fingerprint density at radius 1 is 1.44 bits per heavy atom. The Morgan fingerprint density at radius 3 is 2.56 bits per heavy atom. The summed E-state index contributed by atoms with van der Waals surface area (Å²) in [7, 11) is 1.33. The third kappa shape index (κ3) is 3.87. The van der Waals surface area contributed by atoms with Crippen LogP contribution in [-0.4, -0.2) is 36.5 Å². The second kappa shape index (κ2) is 6.58. The van der Waals surface area contributed by atoms with E-state index in [2.05, 4.69) is 20.7 Å². The van der Waals surface area contributed by atoms with E-state index in [-0.39, 0.29) is 30.1 Å². The van der Waals surface area contributed by atoms with Gasteiger partial charge in [0, 0.05) is 12.6 Å². The van der Waals surface area contributed by atoms with Crippen LogP contribution in [-0.2, 0) is 9.53 Å². The highest BCUT2D eigenvalue weighted by atomic mass is 79.9. The standard InChI is InChI=1S/C12H16BrNO4/c1-8(2)14(7-6-11(15)17-3)12(16)9-4-5-10(13)18-9/h4-5,8H,6-7H2,1-3H3. The Kier molecular flexibility index (Phi) is 5.40. The van der Waals surface area contributed by atoms with E-state index in [0.717, 1.165) is 0 Å². The van der Waals surface area contributed by atoms with Crippen molar-refractivity contribution in [1.82, 2.24) is 4.90 Å². The Bertz CT molecular complexity index is 427. The molecular weight excluding hydrogens is 302 g/mol. The molecule has 5 nitrogen and oxygen atoms in total. The molecule has 1 aromatic rings. The summed E-state index contributed by atoms with van der Waals surface area (Å²) in [5, 5.41) is 0. The van der Waals surface area contributed by atoms with Crippen LogP contribution in [0.25, 0.3) is 0 Å². The number of furan rings is 1. The second-order valence-electron chi connectivity index (χ2n) is 4.02. The normalized spacial score (nSPS) is 10.5. The van der Waals surface area contributed by atoms with Crippen molar-refractivity contribution in [2.45, 2.75) is 26.3 Å². The molecule has 100 valence electrons. The fourth-order valence-corrected chi connectivity index (χ4v) is 1.79. The molecule has 0 bridgehead atoms. The molecule has 0 spiro atoms. The number of rotatable bonds is 5. The van der Waals surface area contributed by atoms with Crippen LogP contribution in [0.3, 0.4) is 0 Å². The zero-order valence-corrected chi connectivity index (χ0v) is 12.2. The molecule has 6 heteroatoms. The summed E-state index contributed by atoms with van der Waals surface area (Å²) < 4.78 is 10.3. The summed E-state index contributed by atoms with van der Waals surface area (Å²) in [5.41, 5.74) is 0. The van der Waals surface area contributed by atoms with Gasteiger partial charge in [0.05, 0.1) is 13.5 Å². The Labute approximate surface area is 114 Å². The summed E-state index contributed by atoms with van der Waals surface area (Å²) in [4.78, 5) is 24.8. The number of methoxy groups -OCH3 is 1. The first-order chi connectivity index (χ1) is 8.45. The largest absolute Gasteiger partial charge is 0.469 e. The van der Waals surface area contributed by atoms with E-state index in [1.165, 1.54) is 7.11 Å². The molecular formula is C12H16BrNO4. The molecule has 0 N–H and O–H groups in total. The average Bonchev–Trinajstić information content (AvgIpc) is 2.75. The molecule has 1 amide bonds. The predicted molar refractivity (Wildman–Crippen MR) is 69.2 cm³/mol. The zero-order chi connectivity index (χ0) is 13.7. The second-order valence-corrected chi connectivity index (χ2v) is 4.80. The van der Waals surface area contributed by atoms with Crippen molar-refractivity contribution in [3.63, 3.8) is 0 Å². The van der Waals surface area contributed by atoms with Gasteiger partial charge in [-0.1, -0.05) is 0 Å². The zero-order valence-electron chi connectivity index (χ0n) is 10.6. The quantitative estimate of drug-likeness (QED) is 0.783. The lowest BCUT2D eigenvalue weighted by molar-refractivity contribution is -0.140. The van der Waals surface area contributed by atoms with Crippen LogP contribution < -0.4 is 0 Å². The Balaban J connectivity index is 2.73. The number of amides is 1. The van der Waals surface area contributed by atoms with Gasteiger partial charge in [-0.3, -0.25) is 9.59 Å². The van der Waals surface area contributed by atoms with Crippen molar-refractivity contribution < 1.29 is 18.7 Å². The molecule has 0 saturated carbocycles. The third-order valence-corrected chi connectivity index (χ3v) is 2.88. The van der Waals surface area contributed by atoms with Crippen molar-refractivity contribution in [3.8, 4) is 0 Å². The van der Waals surface area contributed by atoms with Crippen LogP contribution in [0.4, 0.5) is 0 Å². The fraction of sp³-hybridized carbons (Fsp3) is 0.500. The van der Waals surface area contributed by atoms with Crippen molar-refractivity contribution >= 4 is 27.8 Å². The minimum absolute atomic E-state index is 0.0222. The molecule has 0 radical (unpaired) electrons. The first kappa shape index (κ1) is 14.8. The fourth-order valence-electron chi connectivity index (χ4n) is 1.48. The predicted octanol–water partition coefficient (Wildman–Crippen LogP) is 2.46. The van der Waals surface area contributed by atoms with Gasteiger partial charge < -0.3 is 14.1 Å². The van der Waals surface area contributed by atoms with Gasteiger partial charge in [0.2, 0.25) is 0 Å². The number of halogens is 1. The van der Waals surface area contributed by atoms with Gasteiger partial charge in [0.1, 0.15) is 0 Å². The van der Waals surface area contributed by atoms with Crippen LogP contribution in [0.2, 0.25) is 0 Å². The number of carbonyl (C=O) groups is 2. The maximum Gasteiger partial charge on any atom is 0.307 e. The van der Waals surface area contributed by atoms with Crippen LogP contribution in [0.1, 0.15) is 30.8 Å². The first-order valence-corrected chi connectivity index (χ1v) is 6.38. The van der Waals surface area contributed by atoms with Gasteiger partial charge in [0.15, 0.2) is 10.4 Å². The minimum Gasteiger partial charge on any atom is -0.469 e.